The molecule has 0 unspecified atom stereocenters. The summed E-state index contributed by atoms with van der Waals surface area (Å²) in [4.78, 5) is 20.3. The van der Waals surface area contributed by atoms with Crippen molar-refractivity contribution in [3.63, 3.8) is 0 Å². The van der Waals surface area contributed by atoms with Crippen LogP contribution >= 0.6 is 0 Å². The van der Waals surface area contributed by atoms with Gasteiger partial charge in [0.15, 0.2) is 0 Å². The van der Waals surface area contributed by atoms with Crippen molar-refractivity contribution in [1.29, 1.82) is 0 Å². The largest absolute Gasteiger partial charge is 0.398 e. The van der Waals surface area contributed by atoms with Gasteiger partial charge in [-0.1, -0.05) is 61.8 Å². The van der Waals surface area contributed by atoms with Crippen molar-refractivity contribution in [3.8, 4) is 0 Å². The minimum absolute atomic E-state index is 0.151. The summed E-state index contributed by atoms with van der Waals surface area (Å²) < 4.78 is 0. The third-order valence-corrected chi connectivity index (χ3v) is 3.32. The highest BCUT2D eigenvalue weighted by Gasteiger charge is 2.28. The summed E-state index contributed by atoms with van der Waals surface area (Å²) in [6, 6.07) is 8.97. The normalized spacial score (nSPS) is 12.6. The maximum Gasteiger partial charge on any atom is 0.391 e. The molecule has 0 aliphatic carbocycles. The average Bonchev–Trinajstić information content (AvgIpc) is 2.47. The first-order valence-electron chi connectivity index (χ1n) is 6.93. The second-order valence-electron chi connectivity index (χ2n) is 5.88. The van der Waals surface area contributed by atoms with E-state index in [0.717, 1.165) is 5.57 Å². The summed E-state index contributed by atoms with van der Waals surface area (Å²) >= 11 is 0. The molecule has 0 saturated carbocycles. The Kier molecular flexibility index (Phi) is 5.96. The van der Waals surface area contributed by atoms with Crippen LogP contribution in [0.25, 0.3) is 5.53 Å². The summed E-state index contributed by atoms with van der Waals surface area (Å²) in [7, 11) is 1.37. The Labute approximate surface area is 130 Å². The predicted octanol–water partition coefficient (Wildman–Crippen LogP) is 3.27. The Bertz CT molecular complexity index is 646. The van der Waals surface area contributed by atoms with Gasteiger partial charge < -0.3 is 10.4 Å². The van der Waals surface area contributed by atoms with Crippen LogP contribution in [0.15, 0.2) is 47.1 Å². The molecule has 0 fully saturated rings. The highest BCUT2D eigenvalue weighted by atomic mass is 16.6. The van der Waals surface area contributed by atoms with Gasteiger partial charge in [-0.2, -0.15) is 4.79 Å². The average molecular weight is 299 g/mol. The van der Waals surface area contributed by atoms with Gasteiger partial charge in [0.2, 0.25) is 5.71 Å². The Morgan fingerprint density at radius 1 is 1.27 bits per heavy atom. The van der Waals surface area contributed by atoms with Crippen LogP contribution in [-0.4, -0.2) is 29.1 Å². The molecule has 1 rings (SSSR count). The molecule has 0 spiro atoms. The molecule has 1 aromatic rings. The van der Waals surface area contributed by atoms with Crippen LogP contribution in [0.1, 0.15) is 33.3 Å². The van der Waals surface area contributed by atoms with E-state index < -0.39 is 5.78 Å². The lowest BCUT2D eigenvalue weighted by molar-refractivity contribution is -0.112. The molecular weight excluding hydrogens is 278 g/mol. The molecule has 0 aliphatic rings. The van der Waals surface area contributed by atoms with Gasteiger partial charge in [-0.3, -0.25) is 4.79 Å². The lowest BCUT2D eigenvalue weighted by Gasteiger charge is -2.18. The van der Waals surface area contributed by atoms with Crippen molar-refractivity contribution in [2.75, 3.05) is 7.11 Å². The molecule has 0 saturated heterocycles. The molecule has 0 amide bonds. The van der Waals surface area contributed by atoms with Crippen molar-refractivity contribution >= 4 is 17.2 Å². The van der Waals surface area contributed by atoms with Gasteiger partial charge in [0.25, 0.3) is 5.78 Å². The van der Waals surface area contributed by atoms with Crippen LogP contribution in [0.3, 0.4) is 0 Å². The van der Waals surface area contributed by atoms with E-state index in [-0.39, 0.29) is 16.8 Å². The Hall–Kier alpha value is -2.52. The number of rotatable bonds is 5. The van der Waals surface area contributed by atoms with Crippen molar-refractivity contribution in [3.05, 3.63) is 53.1 Å². The lowest BCUT2D eigenvalue weighted by atomic mass is 9.86. The number of ketones is 1. The van der Waals surface area contributed by atoms with Crippen LogP contribution in [0.2, 0.25) is 0 Å². The van der Waals surface area contributed by atoms with Gasteiger partial charge in [0, 0.05) is 5.56 Å². The summed E-state index contributed by atoms with van der Waals surface area (Å²) in [5.41, 5.74) is 10.7. The van der Waals surface area contributed by atoms with Crippen LogP contribution in [0.4, 0.5) is 0 Å². The third-order valence-electron chi connectivity index (χ3n) is 3.32. The van der Waals surface area contributed by atoms with Gasteiger partial charge in [-0.05, 0) is 18.4 Å². The minimum Gasteiger partial charge on any atom is -0.398 e. The molecule has 1 aromatic carbocycles. The monoisotopic (exact) mass is 299 g/mol. The third kappa shape index (κ3) is 4.50. The molecule has 22 heavy (non-hydrogen) atoms. The van der Waals surface area contributed by atoms with Gasteiger partial charge >= 0.3 is 5.71 Å². The van der Waals surface area contributed by atoms with Crippen LogP contribution in [0, 0.1) is 5.41 Å². The second kappa shape index (κ2) is 7.48. The highest BCUT2D eigenvalue weighted by Crippen LogP contribution is 2.24. The van der Waals surface area contributed by atoms with E-state index in [1.165, 1.54) is 13.2 Å². The first-order chi connectivity index (χ1) is 10.3. The SMILES string of the molecule is CO/N=C(/C(=[N+]=[N-])C(=O)/C=C(\C)C(C)(C)C)c1ccccc1. The zero-order valence-corrected chi connectivity index (χ0v) is 13.6. The van der Waals surface area contributed by atoms with Crippen LogP contribution in [0.5, 0.6) is 0 Å². The molecule has 5 heteroatoms. The molecule has 0 heterocycles. The summed E-state index contributed by atoms with van der Waals surface area (Å²) in [6.45, 7) is 7.87. The zero-order valence-electron chi connectivity index (χ0n) is 13.6. The van der Waals surface area contributed by atoms with Gasteiger partial charge in [0.05, 0.1) is 0 Å². The fourth-order valence-corrected chi connectivity index (χ4v) is 1.61. The summed E-state index contributed by atoms with van der Waals surface area (Å²) in [5.74, 6) is -0.422. The van der Waals surface area contributed by atoms with Crippen molar-refractivity contribution in [2.45, 2.75) is 27.7 Å². The fraction of sp³-hybridized carbons (Fsp3) is 0.353. The molecule has 0 atom stereocenters. The fourth-order valence-electron chi connectivity index (χ4n) is 1.61. The quantitative estimate of drug-likeness (QED) is 0.275. The van der Waals surface area contributed by atoms with Gasteiger partial charge in [0.1, 0.15) is 7.11 Å². The standard InChI is InChI=1S/C17H21N3O2/c1-12(17(2,3)4)11-14(21)16(19-18)15(20-22-5)13-9-7-6-8-10-13/h6-11H,1-5H3/b12-11+,20-15+. The van der Waals surface area contributed by atoms with E-state index in [4.69, 9.17) is 4.84 Å². The van der Waals surface area contributed by atoms with Crippen LogP contribution < -0.4 is 0 Å². The molecule has 116 valence electrons. The second-order valence-corrected chi connectivity index (χ2v) is 5.88. The topological polar surface area (TPSA) is 75.1 Å². The molecule has 0 aliphatic heterocycles. The number of hydrogen-bond donors (Lipinski definition) is 0. The van der Waals surface area contributed by atoms with E-state index in [1.807, 2.05) is 33.8 Å². The first kappa shape index (κ1) is 17.5. The lowest BCUT2D eigenvalue weighted by Crippen LogP contribution is -2.26. The van der Waals surface area contributed by atoms with E-state index in [2.05, 4.69) is 9.95 Å². The van der Waals surface area contributed by atoms with Gasteiger partial charge in [-0.15, -0.1) is 0 Å². The minimum atomic E-state index is -0.422. The van der Waals surface area contributed by atoms with E-state index in [0.29, 0.717) is 5.56 Å². The summed E-state index contributed by atoms with van der Waals surface area (Å²) in [6.07, 6.45) is 1.46. The summed E-state index contributed by atoms with van der Waals surface area (Å²) in [5, 5.41) is 3.83. The predicted molar refractivity (Wildman–Crippen MR) is 86.8 cm³/mol. The van der Waals surface area contributed by atoms with E-state index in [9.17, 15) is 10.3 Å². The number of nitrogens with zero attached hydrogens (tertiary/aromatic N) is 3. The number of carbonyl (C=O) groups is 1. The molecule has 0 radical (unpaired) electrons. The Morgan fingerprint density at radius 3 is 2.32 bits per heavy atom. The maximum absolute atomic E-state index is 12.4. The highest BCUT2D eigenvalue weighted by molar-refractivity contribution is 6.70. The Morgan fingerprint density at radius 2 is 1.86 bits per heavy atom. The number of carbonyl (C=O) groups excluding carboxylic acids is 1. The first-order valence-corrected chi connectivity index (χ1v) is 6.93. The molecule has 0 aromatic heterocycles. The maximum atomic E-state index is 12.4. The zero-order chi connectivity index (χ0) is 16.8. The van der Waals surface area contributed by atoms with E-state index >= 15 is 0 Å². The smallest absolute Gasteiger partial charge is 0.391 e. The number of hydrogen-bond acceptors (Lipinski definition) is 3. The molecule has 0 N–H and O–H groups in total. The van der Waals surface area contributed by atoms with Gasteiger partial charge in [-0.25, -0.2) is 0 Å². The molecule has 5 nitrogen and oxygen atoms in total. The van der Waals surface area contributed by atoms with Crippen LogP contribution in [-0.2, 0) is 9.63 Å². The van der Waals surface area contributed by atoms with Crippen molar-refractivity contribution in [2.24, 2.45) is 10.6 Å². The number of benzene rings is 1. The Balaban J connectivity index is 3.27. The number of oxime groups is 1. The molecule has 0 bridgehead atoms. The van der Waals surface area contributed by atoms with E-state index in [1.54, 1.807) is 24.3 Å². The van der Waals surface area contributed by atoms with Crippen molar-refractivity contribution < 1.29 is 14.4 Å². The number of allylic oxidation sites excluding steroid dienone is 2. The molecular formula is C17H21N3O2. The van der Waals surface area contributed by atoms with Crippen molar-refractivity contribution in [1.82, 2.24) is 0 Å².